The second-order valence-electron chi connectivity index (χ2n) is 3.37. The van der Waals surface area contributed by atoms with Gasteiger partial charge in [0, 0.05) is 12.1 Å². The van der Waals surface area contributed by atoms with Gasteiger partial charge in [0.25, 0.3) is 0 Å². The van der Waals surface area contributed by atoms with Gasteiger partial charge >= 0.3 is 0 Å². The lowest BCUT2D eigenvalue weighted by atomic mass is 10.2. The number of hydrogen-bond acceptors (Lipinski definition) is 3. The summed E-state index contributed by atoms with van der Waals surface area (Å²) in [6, 6.07) is 0. The Morgan fingerprint density at radius 1 is 1.57 bits per heavy atom. The Morgan fingerprint density at radius 3 is 2.93 bits per heavy atom. The number of halogens is 1. The number of nitrogens with zero attached hydrogens (tertiary/aromatic N) is 2. The van der Waals surface area contributed by atoms with Gasteiger partial charge in [0.15, 0.2) is 9.84 Å². The fourth-order valence-corrected chi connectivity index (χ4v) is 3.73. The van der Waals surface area contributed by atoms with Crippen molar-refractivity contribution in [2.75, 3.05) is 5.75 Å². The summed E-state index contributed by atoms with van der Waals surface area (Å²) in [5.41, 5.74) is 1.91. The van der Waals surface area contributed by atoms with Crippen molar-refractivity contribution in [3.05, 3.63) is 15.9 Å². The second kappa shape index (κ2) is 3.34. The highest BCUT2D eigenvalue weighted by Crippen LogP contribution is 2.27. The molecule has 0 N–H and O–H groups in total. The standard InChI is InChI=1S/C8H11BrN2O2S/c1-2-11-7-5-14(12,13)4-3-6(7)8(9)10-11/h2-5H2,1H3. The van der Waals surface area contributed by atoms with E-state index in [0.29, 0.717) is 13.0 Å². The molecule has 0 saturated heterocycles. The Balaban J connectivity index is 2.54. The van der Waals surface area contributed by atoms with Crippen LogP contribution in [0, 0.1) is 0 Å². The van der Waals surface area contributed by atoms with E-state index in [-0.39, 0.29) is 11.5 Å². The van der Waals surface area contributed by atoms with Crippen molar-refractivity contribution in [1.82, 2.24) is 9.78 Å². The molecule has 4 nitrogen and oxygen atoms in total. The van der Waals surface area contributed by atoms with Crippen molar-refractivity contribution >= 4 is 25.8 Å². The van der Waals surface area contributed by atoms with Gasteiger partial charge in [-0.2, -0.15) is 5.10 Å². The normalized spacial score (nSPS) is 19.3. The van der Waals surface area contributed by atoms with Gasteiger partial charge in [-0.05, 0) is 29.3 Å². The first kappa shape index (κ1) is 10.2. The van der Waals surface area contributed by atoms with Crippen LogP contribution in [0.4, 0.5) is 0 Å². The monoisotopic (exact) mass is 278 g/mol. The van der Waals surface area contributed by atoms with Gasteiger partial charge in [-0.25, -0.2) is 8.42 Å². The van der Waals surface area contributed by atoms with E-state index in [1.807, 2.05) is 6.92 Å². The van der Waals surface area contributed by atoms with Gasteiger partial charge in [0.2, 0.25) is 0 Å². The van der Waals surface area contributed by atoms with Crippen LogP contribution in [0.3, 0.4) is 0 Å². The Bertz CT molecular complexity index is 464. The summed E-state index contributed by atoms with van der Waals surface area (Å²) in [6.45, 7) is 2.67. The molecule has 6 heteroatoms. The molecule has 78 valence electrons. The van der Waals surface area contributed by atoms with E-state index in [1.54, 1.807) is 4.68 Å². The zero-order chi connectivity index (χ0) is 10.3. The quantitative estimate of drug-likeness (QED) is 0.774. The average Bonchev–Trinajstić information content (AvgIpc) is 2.40. The third-order valence-corrected chi connectivity index (χ3v) is 4.61. The maximum absolute atomic E-state index is 11.4. The van der Waals surface area contributed by atoms with Crippen molar-refractivity contribution in [1.29, 1.82) is 0 Å². The zero-order valence-corrected chi connectivity index (χ0v) is 10.2. The van der Waals surface area contributed by atoms with Crippen LogP contribution in [0.15, 0.2) is 4.60 Å². The molecular formula is C8H11BrN2O2S. The Labute approximate surface area is 91.4 Å². The molecule has 1 aliphatic rings. The second-order valence-corrected chi connectivity index (χ2v) is 6.31. The Kier molecular flexibility index (Phi) is 2.43. The maximum Gasteiger partial charge on any atom is 0.156 e. The van der Waals surface area contributed by atoms with Gasteiger partial charge in [0.05, 0.1) is 17.2 Å². The minimum Gasteiger partial charge on any atom is -0.267 e. The maximum atomic E-state index is 11.4. The molecule has 0 spiro atoms. The molecule has 14 heavy (non-hydrogen) atoms. The topological polar surface area (TPSA) is 52.0 Å². The number of rotatable bonds is 1. The first-order chi connectivity index (χ1) is 6.53. The van der Waals surface area contributed by atoms with Gasteiger partial charge < -0.3 is 0 Å². The lowest BCUT2D eigenvalue weighted by molar-refractivity contribution is 0.580. The van der Waals surface area contributed by atoms with Crippen LogP contribution < -0.4 is 0 Å². The summed E-state index contributed by atoms with van der Waals surface area (Å²) >= 11 is 3.35. The summed E-state index contributed by atoms with van der Waals surface area (Å²) < 4.78 is 25.4. The molecule has 0 bridgehead atoms. The van der Waals surface area contributed by atoms with Crippen LogP contribution in [0.25, 0.3) is 0 Å². The first-order valence-electron chi connectivity index (χ1n) is 4.48. The molecule has 2 heterocycles. The number of aromatic nitrogens is 2. The molecule has 0 aromatic carbocycles. The van der Waals surface area contributed by atoms with Crippen LogP contribution in [0.2, 0.25) is 0 Å². The molecule has 1 aromatic heterocycles. The molecule has 0 fully saturated rings. The molecular weight excluding hydrogens is 268 g/mol. The predicted molar refractivity (Wildman–Crippen MR) is 56.8 cm³/mol. The summed E-state index contributed by atoms with van der Waals surface area (Å²) in [5.74, 6) is 0.378. The first-order valence-corrected chi connectivity index (χ1v) is 7.09. The van der Waals surface area contributed by atoms with Crippen LogP contribution in [0.1, 0.15) is 18.2 Å². The molecule has 0 radical (unpaired) electrons. The van der Waals surface area contributed by atoms with Gasteiger partial charge in [-0.1, -0.05) is 0 Å². The van der Waals surface area contributed by atoms with E-state index in [4.69, 9.17) is 0 Å². The van der Waals surface area contributed by atoms with Crippen molar-refractivity contribution in [2.45, 2.75) is 25.6 Å². The molecule has 0 amide bonds. The number of hydrogen-bond donors (Lipinski definition) is 0. The molecule has 2 rings (SSSR count). The van der Waals surface area contributed by atoms with Crippen LogP contribution in [-0.2, 0) is 28.6 Å². The largest absolute Gasteiger partial charge is 0.267 e. The SMILES string of the molecule is CCn1nc(Br)c2c1CS(=O)(=O)CC2. The van der Waals surface area contributed by atoms with Crippen LogP contribution in [-0.4, -0.2) is 24.0 Å². The summed E-state index contributed by atoms with van der Waals surface area (Å²) in [5, 5.41) is 4.25. The van der Waals surface area contributed by atoms with E-state index in [9.17, 15) is 8.42 Å². The van der Waals surface area contributed by atoms with E-state index >= 15 is 0 Å². The smallest absolute Gasteiger partial charge is 0.156 e. The minimum absolute atomic E-state index is 0.134. The van der Waals surface area contributed by atoms with Crippen molar-refractivity contribution in [3.63, 3.8) is 0 Å². The van der Waals surface area contributed by atoms with Gasteiger partial charge in [0.1, 0.15) is 4.60 Å². The zero-order valence-electron chi connectivity index (χ0n) is 7.83. The molecule has 0 unspecified atom stereocenters. The van der Waals surface area contributed by atoms with E-state index < -0.39 is 9.84 Å². The van der Waals surface area contributed by atoms with Crippen LogP contribution >= 0.6 is 15.9 Å². The number of sulfone groups is 1. The molecule has 1 aliphatic heterocycles. The molecule has 1 aromatic rings. The minimum atomic E-state index is -2.90. The predicted octanol–water partition coefficient (Wildman–Crippen LogP) is 1.14. The summed E-state index contributed by atoms with van der Waals surface area (Å²) in [6.07, 6.45) is 0.582. The number of fused-ring (bicyclic) bond motifs is 1. The molecule has 0 saturated carbocycles. The fourth-order valence-electron chi connectivity index (χ4n) is 1.71. The van der Waals surface area contributed by atoms with Crippen molar-refractivity contribution in [2.24, 2.45) is 0 Å². The lowest BCUT2D eigenvalue weighted by Crippen LogP contribution is -2.20. The Morgan fingerprint density at radius 2 is 2.29 bits per heavy atom. The fraction of sp³-hybridized carbons (Fsp3) is 0.625. The third-order valence-electron chi connectivity index (χ3n) is 2.44. The highest BCUT2D eigenvalue weighted by atomic mass is 79.9. The van der Waals surface area contributed by atoms with Gasteiger partial charge in [-0.15, -0.1) is 0 Å². The van der Waals surface area contributed by atoms with E-state index in [1.165, 1.54) is 0 Å². The highest BCUT2D eigenvalue weighted by molar-refractivity contribution is 9.10. The summed E-state index contributed by atoms with van der Waals surface area (Å²) in [7, 11) is -2.90. The highest BCUT2D eigenvalue weighted by Gasteiger charge is 2.27. The van der Waals surface area contributed by atoms with Crippen molar-refractivity contribution in [3.8, 4) is 0 Å². The van der Waals surface area contributed by atoms with E-state index in [2.05, 4.69) is 21.0 Å². The molecule has 0 atom stereocenters. The average molecular weight is 279 g/mol. The van der Waals surface area contributed by atoms with Gasteiger partial charge in [-0.3, -0.25) is 4.68 Å². The summed E-state index contributed by atoms with van der Waals surface area (Å²) in [4.78, 5) is 0. The molecule has 0 aliphatic carbocycles. The lowest BCUT2D eigenvalue weighted by Gasteiger charge is -2.13. The number of aryl methyl sites for hydroxylation is 1. The van der Waals surface area contributed by atoms with Crippen molar-refractivity contribution < 1.29 is 8.42 Å². The van der Waals surface area contributed by atoms with Crippen LogP contribution in [0.5, 0.6) is 0 Å². The van der Waals surface area contributed by atoms with E-state index in [0.717, 1.165) is 15.9 Å². The third kappa shape index (κ3) is 1.61. The Hall–Kier alpha value is -0.360.